The van der Waals surface area contributed by atoms with Crippen LogP contribution in [0.1, 0.15) is 0 Å². The number of urea groups is 1. The molecule has 70 valence electrons. The maximum Gasteiger partial charge on any atom is 0.334 e. The Balaban J connectivity index is 2.96. The second-order valence-electron chi connectivity index (χ2n) is 2.10. The predicted octanol–water partition coefficient (Wildman–Crippen LogP) is -1.94. The third-order valence-electron chi connectivity index (χ3n) is 1.14. The molecular formula is C5H7N5O3. The Morgan fingerprint density at radius 2 is 2.08 bits per heavy atom. The highest BCUT2D eigenvalue weighted by Gasteiger charge is 1.99. The number of aromatic nitrogens is 2. The molecule has 13 heavy (non-hydrogen) atoms. The molecule has 0 aliphatic carbocycles. The van der Waals surface area contributed by atoms with Gasteiger partial charge in [0.25, 0.3) is 5.56 Å². The van der Waals surface area contributed by atoms with Crippen molar-refractivity contribution in [2.24, 2.45) is 5.84 Å². The van der Waals surface area contributed by atoms with E-state index in [-0.39, 0.29) is 5.82 Å². The Morgan fingerprint density at radius 1 is 1.38 bits per heavy atom. The largest absolute Gasteiger partial charge is 0.334 e. The van der Waals surface area contributed by atoms with Gasteiger partial charge in [0.05, 0.1) is 0 Å². The Hall–Kier alpha value is -2.09. The highest BCUT2D eigenvalue weighted by atomic mass is 16.2. The summed E-state index contributed by atoms with van der Waals surface area (Å²) < 4.78 is 0. The number of amides is 2. The predicted molar refractivity (Wildman–Crippen MR) is 44.0 cm³/mol. The number of anilines is 1. The van der Waals surface area contributed by atoms with Crippen LogP contribution in [0.3, 0.4) is 0 Å². The third-order valence-corrected chi connectivity index (χ3v) is 1.14. The molecule has 0 aliphatic rings. The van der Waals surface area contributed by atoms with Gasteiger partial charge in [-0.2, -0.15) is 0 Å². The summed E-state index contributed by atoms with van der Waals surface area (Å²) in [7, 11) is 0. The standard InChI is InChI=1S/C5H7N5O3/c6-10-5(13)8-2-1-3(11)9-4(12)7-2/h1H,6H2,(H4,7,8,9,10,11,12,13). The Morgan fingerprint density at radius 3 is 2.62 bits per heavy atom. The molecule has 0 bridgehead atoms. The van der Waals surface area contributed by atoms with Gasteiger partial charge >= 0.3 is 11.7 Å². The molecule has 1 heterocycles. The first-order valence-electron chi connectivity index (χ1n) is 3.23. The van der Waals surface area contributed by atoms with Crippen LogP contribution < -0.4 is 27.8 Å². The lowest BCUT2D eigenvalue weighted by molar-refractivity contribution is 0.252. The van der Waals surface area contributed by atoms with E-state index in [4.69, 9.17) is 5.84 Å². The van der Waals surface area contributed by atoms with Gasteiger partial charge in [0.1, 0.15) is 5.82 Å². The van der Waals surface area contributed by atoms with E-state index in [1.165, 1.54) is 0 Å². The van der Waals surface area contributed by atoms with Crippen molar-refractivity contribution in [2.75, 3.05) is 5.32 Å². The van der Waals surface area contributed by atoms with Gasteiger partial charge in [0.15, 0.2) is 0 Å². The van der Waals surface area contributed by atoms with E-state index >= 15 is 0 Å². The first-order valence-corrected chi connectivity index (χ1v) is 3.23. The average molecular weight is 185 g/mol. The molecule has 0 unspecified atom stereocenters. The van der Waals surface area contributed by atoms with Gasteiger partial charge in [0, 0.05) is 6.07 Å². The molecule has 0 aliphatic heterocycles. The number of carbonyl (C=O) groups excluding carboxylic acids is 1. The van der Waals surface area contributed by atoms with Gasteiger partial charge in [-0.05, 0) is 0 Å². The van der Waals surface area contributed by atoms with Crippen molar-refractivity contribution >= 4 is 11.8 Å². The molecule has 0 radical (unpaired) electrons. The van der Waals surface area contributed by atoms with Crippen LogP contribution >= 0.6 is 0 Å². The summed E-state index contributed by atoms with van der Waals surface area (Å²) in [5.41, 5.74) is 0.445. The molecule has 0 spiro atoms. The number of carbonyl (C=O) groups is 1. The van der Waals surface area contributed by atoms with Crippen molar-refractivity contribution in [3.8, 4) is 0 Å². The van der Waals surface area contributed by atoms with E-state index in [1.807, 2.05) is 4.98 Å². The second-order valence-corrected chi connectivity index (χ2v) is 2.10. The molecule has 0 fully saturated rings. The summed E-state index contributed by atoms with van der Waals surface area (Å²) in [6.07, 6.45) is 0. The van der Waals surface area contributed by atoms with E-state index in [0.717, 1.165) is 6.07 Å². The molecule has 0 saturated carbocycles. The lowest BCUT2D eigenvalue weighted by atomic mass is 10.6. The summed E-state index contributed by atoms with van der Waals surface area (Å²) in [5, 5.41) is 2.12. The minimum atomic E-state index is -0.735. The number of nitrogens with two attached hydrogens (primary N) is 1. The molecule has 8 heteroatoms. The van der Waals surface area contributed by atoms with Crippen LogP contribution in [0, 0.1) is 0 Å². The Kier molecular flexibility index (Phi) is 2.45. The van der Waals surface area contributed by atoms with Crippen molar-refractivity contribution in [3.63, 3.8) is 0 Å². The average Bonchev–Trinajstić information content (AvgIpc) is 2.02. The third kappa shape index (κ3) is 2.45. The molecule has 0 saturated heterocycles. The number of nitrogens with one attached hydrogen (secondary N) is 4. The summed E-state index contributed by atoms with van der Waals surface area (Å²) in [5.74, 6) is 4.73. The van der Waals surface area contributed by atoms with Gasteiger partial charge in [0.2, 0.25) is 0 Å². The molecular weight excluding hydrogens is 178 g/mol. The Labute approximate surface area is 71.1 Å². The van der Waals surface area contributed by atoms with Crippen molar-refractivity contribution in [2.45, 2.75) is 0 Å². The van der Waals surface area contributed by atoms with E-state index < -0.39 is 17.3 Å². The van der Waals surface area contributed by atoms with Crippen LogP contribution in [0.2, 0.25) is 0 Å². The number of rotatable bonds is 1. The van der Waals surface area contributed by atoms with Gasteiger partial charge in [-0.15, -0.1) is 0 Å². The summed E-state index contributed by atoms with van der Waals surface area (Å²) in [4.78, 5) is 36.1. The quantitative estimate of drug-likeness (QED) is 0.198. The van der Waals surface area contributed by atoms with Gasteiger partial charge in [-0.25, -0.2) is 15.4 Å². The zero-order chi connectivity index (χ0) is 9.84. The van der Waals surface area contributed by atoms with Crippen LogP contribution in [-0.2, 0) is 0 Å². The molecule has 2 amide bonds. The van der Waals surface area contributed by atoms with Gasteiger partial charge in [-0.3, -0.25) is 25.5 Å². The highest BCUT2D eigenvalue weighted by Crippen LogP contribution is 1.90. The molecule has 1 rings (SSSR count). The molecule has 6 N–H and O–H groups in total. The van der Waals surface area contributed by atoms with Crippen molar-refractivity contribution in [1.29, 1.82) is 0 Å². The van der Waals surface area contributed by atoms with Crippen LogP contribution in [0.15, 0.2) is 15.7 Å². The maximum atomic E-state index is 10.7. The fourth-order valence-corrected chi connectivity index (χ4v) is 0.694. The van der Waals surface area contributed by atoms with Crippen molar-refractivity contribution in [1.82, 2.24) is 15.4 Å². The number of H-pyrrole nitrogens is 2. The molecule has 0 aromatic carbocycles. The van der Waals surface area contributed by atoms with Crippen LogP contribution in [0.25, 0.3) is 0 Å². The zero-order valence-electron chi connectivity index (χ0n) is 6.38. The number of aromatic amines is 2. The SMILES string of the molecule is NNC(=O)Nc1cc(=O)[nH]c(=O)[nH]1. The number of hydrogen-bond donors (Lipinski definition) is 5. The van der Waals surface area contributed by atoms with Crippen LogP contribution in [0.5, 0.6) is 0 Å². The molecule has 0 atom stereocenters. The molecule has 1 aromatic rings. The fraction of sp³-hybridized carbons (Fsp3) is 0. The summed E-state index contributed by atoms with van der Waals surface area (Å²) in [6, 6.07) is 0.276. The van der Waals surface area contributed by atoms with E-state index in [9.17, 15) is 14.4 Å². The highest BCUT2D eigenvalue weighted by molar-refractivity contribution is 5.87. The van der Waals surface area contributed by atoms with E-state index in [2.05, 4.69) is 10.3 Å². The first kappa shape index (κ1) is 9.00. The fourth-order valence-electron chi connectivity index (χ4n) is 0.694. The first-order chi connectivity index (χ1) is 6.11. The minimum absolute atomic E-state index is 0.0308. The molecule has 8 nitrogen and oxygen atoms in total. The minimum Gasteiger partial charge on any atom is -0.293 e. The topological polar surface area (TPSA) is 133 Å². The van der Waals surface area contributed by atoms with Gasteiger partial charge < -0.3 is 0 Å². The lowest BCUT2D eigenvalue weighted by Gasteiger charge is -2.01. The van der Waals surface area contributed by atoms with E-state index in [0.29, 0.717) is 0 Å². The van der Waals surface area contributed by atoms with E-state index in [1.54, 1.807) is 5.43 Å². The maximum absolute atomic E-state index is 10.7. The summed E-state index contributed by atoms with van der Waals surface area (Å²) >= 11 is 0. The zero-order valence-corrected chi connectivity index (χ0v) is 6.38. The van der Waals surface area contributed by atoms with Crippen molar-refractivity contribution in [3.05, 3.63) is 26.9 Å². The molecule has 1 aromatic heterocycles. The van der Waals surface area contributed by atoms with Crippen molar-refractivity contribution < 1.29 is 4.79 Å². The van der Waals surface area contributed by atoms with Crippen LogP contribution in [0.4, 0.5) is 10.6 Å². The monoisotopic (exact) mass is 185 g/mol. The second kappa shape index (κ2) is 3.54. The number of hydrogen-bond acceptors (Lipinski definition) is 4. The lowest BCUT2D eigenvalue weighted by Crippen LogP contribution is -2.35. The normalized spacial score (nSPS) is 9.31. The number of hydrazine groups is 1. The van der Waals surface area contributed by atoms with Crippen LogP contribution in [-0.4, -0.2) is 16.0 Å². The summed E-state index contributed by atoms with van der Waals surface area (Å²) in [6.45, 7) is 0. The van der Waals surface area contributed by atoms with Gasteiger partial charge in [-0.1, -0.05) is 0 Å². The smallest absolute Gasteiger partial charge is 0.293 e. The Bertz CT molecular complexity index is 390.